The Bertz CT molecular complexity index is 194. The summed E-state index contributed by atoms with van der Waals surface area (Å²) in [5.41, 5.74) is -0.360. The van der Waals surface area contributed by atoms with E-state index in [4.69, 9.17) is 4.74 Å². The summed E-state index contributed by atoms with van der Waals surface area (Å²) in [6, 6.07) is 0.531. The summed E-state index contributed by atoms with van der Waals surface area (Å²) in [5.74, 6) is -0.0975. The van der Waals surface area contributed by atoms with E-state index in [2.05, 4.69) is 25.8 Å². The van der Waals surface area contributed by atoms with Crippen molar-refractivity contribution in [3.63, 3.8) is 0 Å². The molecular weight excluding hydrogens is 190 g/mol. The van der Waals surface area contributed by atoms with Crippen LogP contribution in [0.1, 0.15) is 47.5 Å². The molecule has 0 saturated heterocycles. The van der Waals surface area contributed by atoms with Gasteiger partial charge in [0.15, 0.2) is 0 Å². The number of nitrogens with zero attached hydrogens (tertiary/aromatic N) is 1. The van der Waals surface area contributed by atoms with E-state index in [1.165, 1.54) is 0 Å². The van der Waals surface area contributed by atoms with Crippen LogP contribution in [0.3, 0.4) is 0 Å². The Hall–Kier alpha value is -0.570. The molecule has 0 rings (SSSR count). The van der Waals surface area contributed by atoms with Crippen LogP contribution in [0.25, 0.3) is 0 Å². The SMILES string of the molecule is CC(C)N(C)CCCC(=O)OC(C)(C)C. The van der Waals surface area contributed by atoms with E-state index in [1.807, 2.05) is 20.8 Å². The third-order valence-electron chi connectivity index (χ3n) is 2.19. The van der Waals surface area contributed by atoms with Crippen LogP contribution in [-0.4, -0.2) is 36.1 Å². The van der Waals surface area contributed by atoms with E-state index in [0.717, 1.165) is 13.0 Å². The van der Waals surface area contributed by atoms with Crippen molar-refractivity contribution in [3.05, 3.63) is 0 Å². The lowest BCUT2D eigenvalue weighted by atomic mass is 10.2. The van der Waals surface area contributed by atoms with Gasteiger partial charge >= 0.3 is 5.97 Å². The summed E-state index contributed by atoms with van der Waals surface area (Å²) in [6.45, 7) is 10.9. The topological polar surface area (TPSA) is 29.5 Å². The highest BCUT2D eigenvalue weighted by Crippen LogP contribution is 2.09. The zero-order valence-electron chi connectivity index (χ0n) is 11.0. The Morgan fingerprint density at radius 2 is 1.87 bits per heavy atom. The number of carbonyl (C=O) groups excluding carboxylic acids is 1. The third-order valence-corrected chi connectivity index (χ3v) is 2.19. The van der Waals surface area contributed by atoms with Crippen LogP contribution in [0.15, 0.2) is 0 Å². The van der Waals surface area contributed by atoms with Gasteiger partial charge in [-0.25, -0.2) is 0 Å². The van der Waals surface area contributed by atoms with Crippen LogP contribution in [-0.2, 0) is 9.53 Å². The predicted molar refractivity (Wildman–Crippen MR) is 62.8 cm³/mol. The summed E-state index contributed by atoms with van der Waals surface area (Å²) in [6.07, 6.45) is 1.37. The van der Waals surface area contributed by atoms with Crippen LogP contribution in [0, 0.1) is 0 Å². The molecule has 0 aromatic rings. The molecule has 0 spiro atoms. The standard InChI is InChI=1S/C12H25NO2/c1-10(2)13(6)9-7-8-11(14)15-12(3,4)5/h10H,7-9H2,1-6H3. The van der Waals surface area contributed by atoms with Crippen LogP contribution in [0.4, 0.5) is 0 Å². The molecule has 0 aliphatic carbocycles. The number of hydrogen-bond donors (Lipinski definition) is 0. The van der Waals surface area contributed by atoms with Crippen LogP contribution in [0.5, 0.6) is 0 Å². The molecule has 3 nitrogen and oxygen atoms in total. The first-order chi connectivity index (χ1) is 6.72. The van der Waals surface area contributed by atoms with E-state index >= 15 is 0 Å². The minimum Gasteiger partial charge on any atom is -0.460 e. The highest BCUT2D eigenvalue weighted by Gasteiger charge is 2.15. The minimum absolute atomic E-state index is 0.0975. The average Bonchev–Trinajstić information content (AvgIpc) is 2.00. The zero-order chi connectivity index (χ0) is 12.1. The summed E-state index contributed by atoms with van der Waals surface area (Å²) in [4.78, 5) is 13.6. The van der Waals surface area contributed by atoms with Crippen LogP contribution >= 0.6 is 0 Å². The maximum absolute atomic E-state index is 11.4. The number of esters is 1. The van der Waals surface area contributed by atoms with Crippen molar-refractivity contribution in [2.45, 2.75) is 59.1 Å². The molecule has 15 heavy (non-hydrogen) atoms. The minimum atomic E-state index is -0.360. The molecule has 0 radical (unpaired) electrons. The number of carbonyl (C=O) groups is 1. The number of ether oxygens (including phenoxy) is 1. The van der Waals surface area contributed by atoms with Gasteiger partial charge < -0.3 is 9.64 Å². The second-order valence-electron chi connectivity index (χ2n) is 5.26. The van der Waals surface area contributed by atoms with Gasteiger partial charge in [0.25, 0.3) is 0 Å². The molecule has 0 heterocycles. The smallest absolute Gasteiger partial charge is 0.306 e. The second-order valence-corrected chi connectivity index (χ2v) is 5.26. The van der Waals surface area contributed by atoms with Crippen molar-refractivity contribution in [1.29, 1.82) is 0 Å². The van der Waals surface area contributed by atoms with Crippen LogP contribution in [0.2, 0.25) is 0 Å². The van der Waals surface area contributed by atoms with Crippen molar-refractivity contribution in [1.82, 2.24) is 4.90 Å². The molecule has 0 aromatic carbocycles. The molecule has 0 amide bonds. The Morgan fingerprint density at radius 3 is 2.27 bits per heavy atom. The maximum atomic E-state index is 11.4. The lowest BCUT2D eigenvalue weighted by Crippen LogP contribution is -2.28. The second kappa shape index (κ2) is 6.11. The molecule has 0 aliphatic rings. The molecule has 0 aromatic heterocycles. The fourth-order valence-corrected chi connectivity index (χ4v) is 1.12. The Balaban J connectivity index is 3.65. The molecule has 0 N–H and O–H groups in total. The molecule has 0 unspecified atom stereocenters. The van der Waals surface area contributed by atoms with E-state index < -0.39 is 0 Å². The van der Waals surface area contributed by atoms with Gasteiger partial charge in [0, 0.05) is 12.5 Å². The molecule has 0 fully saturated rings. The average molecular weight is 215 g/mol. The largest absolute Gasteiger partial charge is 0.460 e. The first-order valence-electron chi connectivity index (χ1n) is 5.64. The number of rotatable bonds is 5. The zero-order valence-corrected chi connectivity index (χ0v) is 11.0. The molecule has 0 aliphatic heterocycles. The van der Waals surface area contributed by atoms with Crippen LogP contribution < -0.4 is 0 Å². The highest BCUT2D eigenvalue weighted by atomic mass is 16.6. The maximum Gasteiger partial charge on any atom is 0.306 e. The van der Waals surface area contributed by atoms with E-state index in [-0.39, 0.29) is 11.6 Å². The van der Waals surface area contributed by atoms with E-state index in [1.54, 1.807) is 0 Å². The van der Waals surface area contributed by atoms with Crippen molar-refractivity contribution in [2.75, 3.05) is 13.6 Å². The van der Waals surface area contributed by atoms with Gasteiger partial charge in [-0.2, -0.15) is 0 Å². The van der Waals surface area contributed by atoms with Gasteiger partial charge in [0.2, 0.25) is 0 Å². The van der Waals surface area contributed by atoms with Crippen molar-refractivity contribution in [3.8, 4) is 0 Å². The van der Waals surface area contributed by atoms with Gasteiger partial charge in [-0.3, -0.25) is 4.79 Å². The summed E-state index contributed by atoms with van der Waals surface area (Å²) >= 11 is 0. The van der Waals surface area contributed by atoms with Gasteiger partial charge in [-0.15, -0.1) is 0 Å². The van der Waals surface area contributed by atoms with Crippen molar-refractivity contribution >= 4 is 5.97 Å². The van der Waals surface area contributed by atoms with Gasteiger partial charge in [-0.1, -0.05) is 0 Å². The summed E-state index contributed by atoms with van der Waals surface area (Å²) in [5, 5.41) is 0. The molecule has 0 atom stereocenters. The Kier molecular flexibility index (Phi) is 5.88. The Morgan fingerprint density at radius 1 is 1.33 bits per heavy atom. The normalized spacial score (nSPS) is 12.3. The van der Waals surface area contributed by atoms with Crippen molar-refractivity contribution < 1.29 is 9.53 Å². The molecule has 0 saturated carbocycles. The van der Waals surface area contributed by atoms with Gasteiger partial charge in [-0.05, 0) is 54.6 Å². The molecular formula is C12H25NO2. The fraction of sp³-hybridized carbons (Fsp3) is 0.917. The molecule has 0 bridgehead atoms. The quantitative estimate of drug-likeness (QED) is 0.660. The first-order valence-corrected chi connectivity index (χ1v) is 5.64. The van der Waals surface area contributed by atoms with Gasteiger partial charge in [0.05, 0.1) is 0 Å². The predicted octanol–water partition coefficient (Wildman–Crippen LogP) is 2.45. The number of hydrogen-bond acceptors (Lipinski definition) is 3. The summed E-state index contributed by atoms with van der Waals surface area (Å²) in [7, 11) is 2.07. The van der Waals surface area contributed by atoms with Gasteiger partial charge in [0.1, 0.15) is 5.60 Å². The molecule has 90 valence electrons. The van der Waals surface area contributed by atoms with E-state index in [9.17, 15) is 4.79 Å². The highest BCUT2D eigenvalue weighted by molar-refractivity contribution is 5.69. The molecule has 3 heteroatoms. The lowest BCUT2D eigenvalue weighted by Gasteiger charge is -2.22. The first kappa shape index (κ1) is 14.4. The van der Waals surface area contributed by atoms with Crippen molar-refractivity contribution in [2.24, 2.45) is 0 Å². The summed E-state index contributed by atoms with van der Waals surface area (Å²) < 4.78 is 5.22. The third kappa shape index (κ3) is 8.43. The van der Waals surface area contributed by atoms with E-state index in [0.29, 0.717) is 12.5 Å². The lowest BCUT2D eigenvalue weighted by molar-refractivity contribution is -0.155. The Labute approximate surface area is 93.8 Å². The fourth-order valence-electron chi connectivity index (χ4n) is 1.12. The monoisotopic (exact) mass is 215 g/mol.